The molecule has 3 atom stereocenters. The van der Waals surface area contributed by atoms with Gasteiger partial charge in [0.05, 0.1) is 6.04 Å². The minimum atomic E-state index is -2.12. The number of ether oxygens (including phenoxy) is 2. The Kier molecular flexibility index (Phi) is 3.41. The van der Waals surface area contributed by atoms with Gasteiger partial charge in [0.2, 0.25) is 5.67 Å². The predicted molar refractivity (Wildman–Crippen MR) is 65.5 cm³/mol. The smallest absolute Gasteiger partial charge is 0.410 e. The van der Waals surface area contributed by atoms with Gasteiger partial charge in [-0.3, -0.25) is 0 Å². The average Bonchev–Trinajstić information content (AvgIpc) is 2.70. The van der Waals surface area contributed by atoms with Crippen LogP contribution in [0.4, 0.5) is 9.18 Å². The molecule has 1 aliphatic carbocycles. The molecule has 0 N–H and O–H groups in total. The van der Waals surface area contributed by atoms with Crippen LogP contribution in [-0.2, 0) is 14.3 Å². The van der Waals surface area contributed by atoms with Crippen LogP contribution in [0.3, 0.4) is 0 Å². The minimum absolute atomic E-state index is 0.392. The lowest BCUT2D eigenvalue weighted by molar-refractivity contribution is -0.151. The van der Waals surface area contributed by atoms with Crippen LogP contribution in [0.5, 0.6) is 0 Å². The largest absolute Gasteiger partial charge is 0.447 e. The Hall–Kier alpha value is -1.04. The summed E-state index contributed by atoms with van der Waals surface area (Å²) in [5.41, 5.74) is -2.77. The summed E-state index contributed by atoms with van der Waals surface area (Å²) >= 11 is 5.26. The van der Waals surface area contributed by atoms with Crippen LogP contribution in [0.1, 0.15) is 27.2 Å². The molecule has 1 saturated heterocycles. The number of halogens is 2. The van der Waals surface area contributed by atoms with Crippen molar-refractivity contribution in [1.82, 2.24) is 4.90 Å². The Morgan fingerprint density at radius 2 is 2.11 bits per heavy atom. The number of hydrogen-bond donors (Lipinski definition) is 0. The molecule has 0 aromatic heterocycles. The molecule has 19 heavy (non-hydrogen) atoms. The third-order valence-electron chi connectivity index (χ3n) is 3.39. The molecule has 0 aromatic rings. The van der Waals surface area contributed by atoms with E-state index in [9.17, 15) is 14.0 Å². The number of rotatable bonds is 2. The Bertz CT molecular complexity index is 411. The first kappa shape index (κ1) is 14.4. The molecule has 0 radical (unpaired) electrons. The molecular weight excluding hydrogens is 277 g/mol. The van der Waals surface area contributed by atoms with Crippen molar-refractivity contribution in [2.45, 2.75) is 44.5 Å². The van der Waals surface area contributed by atoms with Crippen LogP contribution in [0.25, 0.3) is 0 Å². The van der Waals surface area contributed by atoms with Crippen molar-refractivity contribution in [3.8, 4) is 0 Å². The van der Waals surface area contributed by atoms with E-state index in [2.05, 4.69) is 4.74 Å². The van der Waals surface area contributed by atoms with Gasteiger partial charge >= 0.3 is 12.1 Å². The second-order valence-corrected chi connectivity index (χ2v) is 6.04. The van der Waals surface area contributed by atoms with E-state index in [0.29, 0.717) is 13.0 Å². The molecule has 0 aromatic carbocycles. The highest BCUT2D eigenvalue weighted by Gasteiger charge is 2.78. The normalized spacial score (nSPS) is 32.8. The van der Waals surface area contributed by atoms with Crippen molar-refractivity contribution in [2.24, 2.45) is 5.92 Å². The fraction of sp³-hybridized carbons (Fsp3) is 0.833. The van der Waals surface area contributed by atoms with Gasteiger partial charge in [0, 0.05) is 12.5 Å². The molecule has 1 amide bonds. The number of esters is 1. The summed E-state index contributed by atoms with van der Waals surface area (Å²) in [6.45, 7) is 5.59. The first-order valence-corrected chi connectivity index (χ1v) is 6.67. The molecule has 2 rings (SSSR count). The second-order valence-electron chi connectivity index (χ2n) is 5.82. The standard InChI is InChI=1S/C12H17ClFNO4/c1-11(2,3)19-10(17)15-5-4-7-8(15)12(7,14)9(16)18-6-13/h7-8H,4-6H2,1-3H3. The van der Waals surface area contributed by atoms with Crippen molar-refractivity contribution < 1.29 is 23.5 Å². The highest BCUT2D eigenvalue weighted by molar-refractivity contribution is 6.17. The van der Waals surface area contributed by atoms with Crippen LogP contribution in [0.15, 0.2) is 0 Å². The Balaban J connectivity index is 2.04. The molecule has 3 unspecified atom stereocenters. The molecule has 1 aliphatic heterocycles. The number of likely N-dealkylation sites (tertiary alicyclic amines) is 1. The number of amides is 1. The summed E-state index contributed by atoms with van der Waals surface area (Å²) in [7, 11) is 0. The van der Waals surface area contributed by atoms with Crippen LogP contribution < -0.4 is 0 Å². The number of carbonyl (C=O) groups excluding carboxylic acids is 2. The number of nitrogens with zero attached hydrogens (tertiary/aromatic N) is 1. The van der Waals surface area contributed by atoms with Gasteiger partial charge in [0.1, 0.15) is 5.60 Å². The Morgan fingerprint density at radius 3 is 2.63 bits per heavy atom. The Labute approximate surface area is 116 Å². The van der Waals surface area contributed by atoms with Crippen molar-refractivity contribution in [3.63, 3.8) is 0 Å². The molecule has 5 nitrogen and oxygen atoms in total. The maximum atomic E-state index is 14.5. The van der Waals surface area contributed by atoms with E-state index in [4.69, 9.17) is 16.3 Å². The van der Waals surface area contributed by atoms with Gasteiger partial charge in [0.15, 0.2) is 6.07 Å². The van der Waals surface area contributed by atoms with Crippen molar-refractivity contribution in [1.29, 1.82) is 0 Å². The molecule has 1 heterocycles. The van der Waals surface area contributed by atoms with Crippen LogP contribution >= 0.6 is 11.6 Å². The van der Waals surface area contributed by atoms with E-state index >= 15 is 0 Å². The lowest BCUT2D eigenvalue weighted by atomic mass is 10.2. The topological polar surface area (TPSA) is 55.8 Å². The van der Waals surface area contributed by atoms with Gasteiger partial charge in [-0.25, -0.2) is 14.0 Å². The molecule has 0 spiro atoms. The van der Waals surface area contributed by atoms with Crippen molar-refractivity contribution in [2.75, 3.05) is 12.6 Å². The summed E-state index contributed by atoms with van der Waals surface area (Å²) in [6.07, 6.45) is -0.171. The van der Waals surface area contributed by atoms with E-state index in [1.165, 1.54) is 4.90 Å². The van der Waals surface area contributed by atoms with Gasteiger partial charge in [-0.2, -0.15) is 0 Å². The van der Waals surface area contributed by atoms with Crippen LogP contribution in [-0.4, -0.2) is 46.9 Å². The fourth-order valence-electron chi connectivity index (χ4n) is 2.59. The molecular formula is C12H17ClFNO4. The van der Waals surface area contributed by atoms with E-state index in [-0.39, 0.29) is 0 Å². The van der Waals surface area contributed by atoms with E-state index < -0.39 is 41.4 Å². The molecule has 2 aliphatic rings. The van der Waals surface area contributed by atoms with Gasteiger partial charge < -0.3 is 14.4 Å². The second kappa shape index (κ2) is 4.51. The molecule has 7 heteroatoms. The van der Waals surface area contributed by atoms with E-state index in [0.717, 1.165) is 0 Å². The monoisotopic (exact) mass is 293 g/mol. The summed E-state index contributed by atoms with van der Waals surface area (Å²) in [5, 5.41) is 0. The first-order chi connectivity index (χ1) is 8.71. The summed E-state index contributed by atoms with van der Waals surface area (Å²) in [5.74, 6) is -1.50. The van der Waals surface area contributed by atoms with E-state index in [1.807, 2.05) is 0 Å². The number of carbonyl (C=O) groups is 2. The zero-order valence-corrected chi connectivity index (χ0v) is 11.9. The number of hydrogen-bond acceptors (Lipinski definition) is 4. The lowest BCUT2D eigenvalue weighted by Gasteiger charge is -2.26. The van der Waals surface area contributed by atoms with Crippen LogP contribution in [0, 0.1) is 5.92 Å². The fourth-order valence-corrected chi connectivity index (χ4v) is 2.69. The first-order valence-electron chi connectivity index (χ1n) is 6.13. The predicted octanol–water partition coefficient (Wildman–Crippen LogP) is 2.07. The minimum Gasteiger partial charge on any atom is -0.447 e. The Morgan fingerprint density at radius 1 is 1.47 bits per heavy atom. The molecule has 108 valence electrons. The SMILES string of the molecule is CC(C)(C)OC(=O)N1CCC2C1C2(F)C(=O)OCCl. The highest BCUT2D eigenvalue weighted by Crippen LogP contribution is 2.57. The van der Waals surface area contributed by atoms with Gasteiger partial charge in [-0.05, 0) is 27.2 Å². The number of fused-ring (bicyclic) bond motifs is 1. The molecule has 1 saturated carbocycles. The number of alkyl halides is 2. The summed E-state index contributed by atoms with van der Waals surface area (Å²) in [4.78, 5) is 24.7. The van der Waals surface area contributed by atoms with Gasteiger partial charge in [0.25, 0.3) is 0 Å². The van der Waals surface area contributed by atoms with Crippen molar-refractivity contribution >= 4 is 23.7 Å². The maximum Gasteiger partial charge on any atom is 0.410 e. The van der Waals surface area contributed by atoms with Gasteiger partial charge in [-0.15, -0.1) is 0 Å². The highest BCUT2D eigenvalue weighted by atomic mass is 35.5. The molecule has 0 bridgehead atoms. The zero-order valence-electron chi connectivity index (χ0n) is 11.1. The number of piperidine rings is 1. The van der Waals surface area contributed by atoms with Crippen LogP contribution in [0.2, 0.25) is 0 Å². The van der Waals surface area contributed by atoms with E-state index in [1.54, 1.807) is 20.8 Å². The van der Waals surface area contributed by atoms with Gasteiger partial charge in [-0.1, -0.05) is 11.6 Å². The molecule has 2 fully saturated rings. The average molecular weight is 294 g/mol. The summed E-state index contributed by atoms with van der Waals surface area (Å²) in [6, 6.07) is -1.17. The summed E-state index contributed by atoms with van der Waals surface area (Å²) < 4.78 is 24.2. The maximum absolute atomic E-state index is 14.5. The quantitative estimate of drug-likeness (QED) is 0.578. The lowest BCUT2D eigenvalue weighted by Crippen LogP contribution is -2.42. The zero-order chi connectivity index (χ0) is 14.4. The van der Waals surface area contributed by atoms with Crippen molar-refractivity contribution in [3.05, 3.63) is 0 Å². The third kappa shape index (κ3) is 2.38. The third-order valence-corrected chi connectivity index (χ3v) is 3.49.